The number of nitrogens with two attached hydrogens (primary N) is 1. The predicted octanol–water partition coefficient (Wildman–Crippen LogP) is 1.68. The molecule has 0 spiro atoms. The van der Waals surface area contributed by atoms with Crippen LogP contribution in [-0.4, -0.2) is 14.4 Å². The molecule has 0 unspecified atom stereocenters. The van der Waals surface area contributed by atoms with Gasteiger partial charge in [-0.25, -0.2) is 0 Å². The highest BCUT2D eigenvalue weighted by Gasteiger charge is 2.35. The van der Waals surface area contributed by atoms with Gasteiger partial charge in [0.05, 0.1) is 49.1 Å². The monoisotopic (exact) mass is 472 g/mol. The van der Waals surface area contributed by atoms with Crippen LogP contribution in [0, 0.1) is 42.9 Å². The molecular weight excluding hydrogens is 460 g/mol. The van der Waals surface area contributed by atoms with Gasteiger partial charge in [-0.05, 0) is 12.1 Å². The first-order chi connectivity index (χ1) is 16.3. The minimum atomic E-state index is -1.16. The molecule has 2 N–H and O–H groups in total. The number of aromatic nitrogens is 1. The Morgan fingerprint density at radius 3 is 2.18 bits per heavy atom. The third-order valence-corrected chi connectivity index (χ3v) is 6.36. The molecule has 0 bridgehead atoms. The van der Waals surface area contributed by atoms with E-state index in [1.165, 1.54) is 48.5 Å². The third-order valence-electron chi connectivity index (χ3n) is 5.25. The van der Waals surface area contributed by atoms with E-state index in [9.17, 15) is 35.5 Å². The molecule has 4 rings (SSSR count). The van der Waals surface area contributed by atoms with Crippen LogP contribution in [0.25, 0.3) is 17.5 Å². The van der Waals surface area contributed by atoms with E-state index in [0.717, 1.165) is 15.9 Å². The largest absolute Gasteiger partial charge is 0.384 e. The second kappa shape index (κ2) is 8.46. The summed E-state index contributed by atoms with van der Waals surface area (Å²) in [5.74, 6) is -1.42. The number of nitriles is 2. The summed E-state index contributed by atoms with van der Waals surface area (Å²) in [7, 11) is 0. The van der Waals surface area contributed by atoms with E-state index in [4.69, 9.17) is 5.73 Å². The highest BCUT2D eigenvalue weighted by atomic mass is 32.1. The molecule has 0 radical (unpaired) electrons. The molecule has 3 aromatic rings. The Labute approximate surface area is 194 Å². The zero-order valence-corrected chi connectivity index (χ0v) is 17.9. The third kappa shape index (κ3) is 3.40. The lowest BCUT2D eigenvalue weighted by molar-refractivity contribution is -0.385. The Hall–Kier alpha value is -5.07. The van der Waals surface area contributed by atoms with Crippen molar-refractivity contribution < 1.29 is 9.85 Å². The first-order valence-corrected chi connectivity index (χ1v) is 10.4. The SMILES string of the molecule is N#CC1=C(N)n2c(s/c(=C\c3ccccc3[N+](=O)[O-])c2=O)=C(C#N)[C@H]1c1ccccc1[N+](=O)[O-]. The van der Waals surface area contributed by atoms with Crippen LogP contribution in [0.3, 0.4) is 0 Å². The first-order valence-electron chi connectivity index (χ1n) is 9.54. The van der Waals surface area contributed by atoms with E-state index in [0.29, 0.717) is 0 Å². The van der Waals surface area contributed by atoms with Gasteiger partial charge < -0.3 is 5.73 Å². The van der Waals surface area contributed by atoms with Gasteiger partial charge in [0.25, 0.3) is 16.9 Å². The summed E-state index contributed by atoms with van der Waals surface area (Å²) in [6, 6.07) is 15.3. The number of rotatable bonds is 4. The molecule has 1 atom stereocenters. The van der Waals surface area contributed by atoms with E-state index in [1.54, 1.807) is 6.07 Å². The Kier molecular flexibility index (Phi) is 5.51. The fourth-order valence-electron chi connectivity index (χ4n) is 3.78. The zero-order valence-electron chi connectivity index (χ0n) is 17.0. The van der Waals surface area contributed by atoms with Crippen LogP contribution < -0.4 is 20.5 Å². The molecule has 0 saturated heterocycles. The lowest BCUT2D eigenvalue weighted by Crippen LogP contribution is -2.38. The molecule has 2 heterocycles. The van der Waals surface area contributed by atoms with Gasteiger partial charge in [-0.3, -0.25) is 29.6 Å². The average molecular weight is 472 g/mol. The van der Waals surface area contributed by atoms with Crippen molar-refractivity contribution in [2.45, 2.75) is 5.92 Å². The van der Waals surface area contributed by atoms with Crippen molar-refractivity contribution >= 4 is 40.2 Å². The lowest BCUT2D eigenvalue weighted by atomic mass is 9.83. The van der Waals surface area contributed by atoms with Crippen LogP contribution in [0.15, 0.2) is 58.9 Å². The molecule has 166 valence electrons. The van der Waals surface area contributed by atoms with Gasteiger partial charge in [0, 0.05) is 17.7 Å². The molecule has 11 nitrogen and oxygen atoms in total. The fraction of sp³-hybridized carbons (Fsp3) is 0.0455. The van der Waals surface area contributed by atoms with Crippen LogP contribution in [0.2, 0.25) is 0 Å². The predicted molar refractivity (Wildman–Crippen MR) is 122 cm³/mol. The summed E-state index contributed by atoms with van der Waals surface area (Å²) in [5.41, 5.74) is 4.97. The fourth-order valence-corrected chi connectivity index (χ4v) is 4.90. The minimum absolute atomic E-state index is 0.0421. The molecule has 0 saturated carbocycles. The molecule has 0 aliphatic carbocycles. The summed E-state index contributed by atoms with van der Waals surface area (Å²) in [4.78, 5) is 34.9. The maximum absolute atomic E-state index is 13.2. The van der Waals surface area contributed by atoms with E-state index >= 15 is 0 Å². The highest BCUT2D eigenvalue weighted by molar-refractivity contribution is 7.07. The van der Waals surface area contributed by atoms with Gasteiger partial charge in [0.15, 0.2) is 0 Å². The smallest absolute Gasteiger partial charge is 0.276 e. The summed E-state index contributed by atoms with van der Waals surface area (Å²) in [6.45, 7) is 0. The maximum Gasteiger partial charge on any atom is 0.276 e. The summed E-state index contributed by atoms with van der Waals surface area (Å²) < 4.78 is 1.13. The normalized spacial score (nSPS) is 15.4. The van der Waals surface area contributed by atoms with Crippen LogP contribution in [0.4, 0.5) is 11.4 Å². The number of hydrogen-bond acceptors (Lipinski definition) is 9. The number of fused-ring (bicyclic) bond motifs is 1. The minimum Gasteiger partial charge on any atom is -0.384 e. The van der Waals surface area contributed by atoms with E-state index < -0.39 is 21.3 Å². The van der Waals surface area contributed by atoms with Crippen molar-refractivity contribution in [1.29, 1.82) is 10.5 Å². The standard InChI is InChI=1S/C22H12N6O5S/c23-10-14-19(13-6-2-4-8-17(13)28(32)33)15(11-24)22-26(20(14)25)21(29)18(34-22)9-12-5-1-3-7-16(12)27(30)31/h1-9,19H,25H2/b18-9-/t19-/m0/s1. The number of thiazole rings is 1. The second-order valence-electron chi connectivity index (χ2n) is 7.06. The maximum atomic E-state index is 13.2. The van der Waals surface area contributed by atoms with Crippen molar-refractivity contribution in [2.75, 3.05) is 0 Å². The van der Waals surface area contributed by atoms with E-state index in [1.807, 2.05) is 12.1 Å². The van der Waals surface area contributed by atoms with Crippen molar-refractivity contribution in [3.05, 3.63) is 105 Å². The number of nitro benzene ring substituents is 2. The highest BCUT2D eigenvalue weighted by Crippen LogP contribution is 2.39. The van der Waals surface area contributed by atoms with E-state index in [-0.39, 0.29) is 48.7 Å². The lowest BCUT2D eigenvalue weighted by Gasteiger charge is -2.22. The Bertz CT molecular complexity index is 1690. The average Bonchev–Trinajstić information content (AvgIpc) is 3.15. The summed E-state index contributed by atoms with van der Waals surface area (Å²) in [5, 5.41) is 42.7. The van der Waals surface area contributed by atoms with Gasteiger partial charge >= 0.3 is 0 Å². The Balaban J connectivity index is 2.10. The second-order valence-corrected chi connectivity index (χ2v) is 8.09. The van der Waals surface area contributed by atoms with Crippen LogP contribution >= 0.6 is 11.3 Å². The zero-order chi connectivity index (χ0) is 24.6. The molecule has 1 aliphatic heterocycles. The van der Waals surface area contributed by atoms with Crippen LogP contribution in [0.1, 0.15) is 17.0 Å². The Morgan fingerprint density at radius 1 is 0.971 bits per heavy atom. The molecule has 2 aromatic carbocycles. The molecule has 0 fully saturated rings. The molecule has 34 heavy (non-hydrogen) atoms. The molecule has 1 aromatic heterocycles. The van der Waals surface area contributed by atoms with Gasteiger partial charge in [0.1, 0.15) is 10.5 Å². The van der Waals surface area contributed by atoms with Crippen molar-refractivity contribution in [3.8, 4) is 12.1 Å². The Morgan fingerprint density at radius 2 is 1.56 bits per heavy atom. The van der Waals surface area contributed by atoms with Crippen molar-refractivity contribution in [2.24, 2.45) is 5.73 Å². The quantitative estimate of drug-likeness (QED) is 0.439. The molecule has 1 aliphatic rings. The van der Waals surface area contributed by atoms with E-state index in [2.05, 4.69) is 0 Å². The van der Waals surface area contributed by atoms with Crippen LogP contribution in [0.5, 0.6) is 0 Å². The van der Waals surface area contributed by atoms with Gasteiger partial charge in [-0.2, -0.15) is 10.5 Å². The molecular formula is C22H12N6O5S. The number of nitrogens with zero attached hydrogens (tertiary/aromatic N) is 5. The number of para-hydroxylation sites is 2. The van der Waals surface area contributed by atoms with Gasteiger partial charge in [-0.15, -0.1) is 11.3 Å². The van der Waals surface area contributed by atoms with Crippen LogP contribution in [-0.2, 0) is 0 Å². The first kappa shape index (κ1) is 22.1. The van der Waals surface area contributed by atoms with Crippen molar-refractivity contribution in [3.63, 3.8) is 0 Å². The van der Waals surface area contributed by atoms with Crippen molar-refractivity contribution in [1.82, 2.24) is 4.57 Å². The topological polar surface area (TPSA) is 182 Å². The number of benzene rings is 2. The number of hydrogen-bond donors (Lipinski definition) is 1. The molecule has 0 amide bonds. The van der Waals surface area contributed by atoms with Gasteiger partial charge in [-0.1, -0.05) is 30.3 Å². The molecule has 12 heteroatoms. The number of allylic oxidation sites excluding steroid dienone is 1. The summed E-state index contributed by atoms with van der Waals surface area (Å²) >= 11 is 0.858. The number of nitro groups is 2. The van der Waals surface area contributed by atoms with Gasteiger partial charge in [0.2, 0.25) is 0 Å². The summed E-state index contributed by atoms with van der Waals surface area (Å²) in [6.07, 6.45) is 1.31.